The number of Topliss-reactive ketones (excluding diaryl/α,β-unsaturated/α-hetero) is 1. The van der Waals surface area contributed by atoms with E-state index in [0.29, 0.717) is 11.3 Å². The van der Waals surface area contributed by atoms with Crippen LogP contribution in [0.5, 0.6) is 0 Å². The Labute approximate surface area is 107 Å². The second-order valence-corrected chi connectivity index (χ2v) is 4.16. The smallest absolute Gasteiger partial charge is 0.324 e. The number of nitrogens with zero attached hydrogens (tertiary/aromatic N) is 3. The van der Waals surface area contributed by atoms with Crippen LogP contribution in [0.15, 0.2) is 36.8 Å². The van der Waals surface area contributed by atoms with Crippen LogP contribution in [0.2, 0.25) is 0 Å². The Balaban J connectivity index is 2.83. The first kappa shape index (κ1) is 13.9. The zero-order valence-electron chi connectivity index (χ0n) is 10.9. The fourth-order valence-corrected chi connectivity index (χ4v) is 1.37. The molecule has 5 heteroatoms. The summed E-state index contributed by atoms with van der Waals surface area (Å²) >= 11 is 0. The molecule has 1 rings (SSSR count). The number of rotatable bonds is 4. The van der Waals surface area contributed by atoms with Gasteiger partial charge in [-0.25, -0.2) is 4.79 Å². The zero-order chi connectivity index (χ0) is 13.7. The van der Waals surface area contributed by atoms with Gasteiger partial charge >= 0.3 is 6.03 Å². The Bertz CT molecular complexity index is 455. The summed E-state index contributed by atoms with van der Waals surface area (Å²) in [7, 11) is 3.26. The lowest BCUT2D eigenvalue weighted by molar-refractivity contribution is 0.0948. The SMILES string of the molecule is C=C(C)N(CC(=O)c1cccnc1)C(=O)N(C)C. The lowest BCUT2D eigenvalue weighted by Gasteiger charge is -2.25. The minimum Gasteiger partial charge on any atom is -0.330 e. The van der Waals surface area contributed by atoms with Crippen LogP contribution in [-0.2, 0) is 0 Å². The highest BCUT2D eigenvalue weighted by Crippen LogP contribution is 2.07. The Morgan fingerprint density at radius 2 is 2.06 bits per heavy atom. The lowest BCUT2D eigenvalue weighted by Crippen LogP contribution is -2.40. The molecule has 0 aliphatic heterocycles. The highest BCUT2D eigenvalue weighted by Gasteiger charge is 2.20. The minimum absolute atomic E-state index is 0.0297. The Kier molecular flexibility index (Phi) is 4.59. The van der Waals surface area contributed by atoms with E-state index in [9.17, 15) is 9.59 Å². The number of carbonyl (C=O) groups excluding carboxylic acids is 2. The second kappa shape index (κ2) is 5.95. The van der Waals surface area contributed by atoms with Crippen molar-refractivity contribution < 1.29 is 9.59 Å². The molecule has 0 atom stereocenters. The van der Waals surface area contributed by atoms with Crippen molar-refractivity contribution in [1.82, 2.24) is 14.8 Å². The molecule has 1 heterocycles. The van der Waals surface area contributed by atoms with Crippen molar-refractivity contribution in [2.24, 2.45) is 0 Å². The van der Waals surface area contributed by atoms with Gasteiger partial charge in [0.05, 0.1) is 6.54 Å². The van der Waals surface area contributed by atoms with E-state index in [-0.39, 0.29) is 18.4 Å². The molecule has 0 radical (unpaired) electrons. The first-order chi connectivity index (χ1) is 8.43. The van der Waals surface area contributed by atoms with Crippen LogP contribution in [-0.4, -0.2) is 47.2 Å². The number of hydrogen-bond donors (Lipinski definition) is 0. The topological polar surface area (TPSA) is 53.5 Å². The van der Waals surface area contributed by atoms with E-state index in [4.69, 9.17) is 0 Å². The maximum Gasteiger partial charge on any atom is 0.324 e. The van der Waals surface area contributed by atoms with Gasteiger partial charge < -0.3 is 4.90 Å². The summed E-state index contributed by atoms with van der Waals surface area (Å²) in [5.41, 5.74) is 1.02. The lowest BCUT2D eigenvalue weighted by atomic mass is 10.2. The maximum atomic E-state index is 12.0. The van der Waals surface area contributed by atoms with Crippen molar-refractivity contribution in [3.8, 4) is 0 Å². The summed E-state index contributed by atoms with van der Waals surface area (Å²) in [6.45, 7) is 5.38. The van der Waals surface area contributed by atoms with Gasteiger partial charge in [0.25, 0.3) is 0 Å². The van der Waals surface area contributed by atoms with Crippen LogP contribution in [0, 0.1) is 0 Å². The van der Waals surface area contributed by atoms with Crippen LogP contribution >= 0.6 is 0 Å². The zero-order valence-corrected chi connectivity index (χ0v) is 10.9. The molecule has 0 saturated heterocycles. The Morgan fingerprint density at radius 1 is 1.39 bits per heavy atom. The predicted octanol–water partition coefficient (Wildman–Crippen LogP) is 1.78. The van der Waals surface area contributed by atoms with Crippen LogP contribution in [0.3, 0.4) is 0 Å². The average molecular weight is 247 g/mol. The normalized spacial score (nSPS) is 9.72. The molecule has 0 N–H and O–H groups in total. The highest BCUT2D eigenvalue weighted by molar-refractivity contribution is 5.99. The van der Waals surface area contributed by atoms with Gasteiger partial charge in [-0.1, -0.05) is 6.58 Å². The van der Waals surface area contributed by atoms with E-state index >= 15 is 0 Å². The molecule has 0 fully saturated rings. The molecular weight excluding hydrogens is 230 g/mol. The fourth-order valence-electron chi connectivity index (χ4n) is 1.37. The summed E-state index contributed by atoms with van der Waals surface area (Å²) < 4.78 is 0. The summed E-state index contributed by atoms with van der Waals surface area (Å²) in [5, 5.41) is 0. The fraction of sp³-hybridized carbons (Fsp3) is 0.308. The molecule has 18 heavy (non-hydrogen) atoms. The van der Waals surface area contributed by atoms with Gasteiger partial charge in [0.2, 0.25) is 0 Å². The largest absolute Gasteiger partial charge is 0.330 e. The van der Waals surface area contributed by atoms with Crippen LogP contribution < -0.4 is 0 Å². The summed E-state index contributed by atoms with van der Waals surface area (Å²) in [5.74, 6) is -0.165. The third kappa shape index (κ3) is 3.41. The van der Waals surface area contributed by atoms with Crippen LogP contribution in [0.1, 0.15) is 17.3 Å². The number of carbonyl (C=O) groups is 2. The molecule has 2 amide bonds. The molecule has 0 unspecified atom stereocenters. The number of aromatic nitrogens is 1. The quantitative estimate of drug-likeness (QED) is 0.762. The highest BCUT2D eigenvalue weighted by atomic mass is 16.2. The van der Waals surface area contributed by atoms with Crippen LogP contribution in [0.4, 0.5) is 4.79 Å². The number of urea groups is 1. The third-order valence-corrected chi connectivity index (χ3v) is 2.36. The van der Waals surface area contributed by atoms with E-state index in [2.05, 4.69) is 11.6 Å². The van der Waals surface area contributed by atoms with Crippen LogP contribution in [0.25, 0.3) is 0 Å². The number of ketones is 1. The van der Waals surface area contributed by atoms with Gasteiger partial charge in [0.1, 0.15) is 0 Å². The molecular formula is C13H17N3O2. The standard InChI is InChI=1S/C13H17N3O2/c1-10(2)16(13(18)15(3)4)9-12(17)11-6-5-7-14-8-11/h5-8H,1,9H2,2-4H3. The number of pyridine rings is 1. The molecule has 1 aromatic heterocycles. The molecule has 1 aromatic rings. The monoisotopic (exact) mass is 247 g/mol. The van der Waals surface area contributed by atoms with E-state index in [1.807, 2.05) is 0 Å². The molecule has 0 saturated carbocycles. The van der Waals surface area contributed by atoms with E-state index < -0.39 is 0 Å². The second-order valence-electron chi connectivity index (χ2n) is 4.16. The summed E-state index contributed by atoms with van der Waals surface area (Å²) in [6.07, 6.45) is 3.08. The van der Waals surface area contributed by atoms with Gasteiger partial charge in [-0.15, -0.1) is 0 Å². The number of hydrogen-bond acceptors (Lipinski definition) is 3. The van der Waals surface area contributed by atoms with Crippen molar-refractivity contribution >= 4 is 11.8 Å². The summed E-state index contributed by atoms with van der Waals surface area (Å²) in [6, 6.07) is 3.10. The molecule has 0 bridgehead atoms. The third-order valence-electron chi connectivity index (χ3n) is 2.36. The maximum absolute atomic E-state index is 12.0. The van der Waals surface area contributed by atoms with Crippen molar-refractivity contribution in [3.05, 3.63) is 42.4 Å². The van der Waals surface area contributed by atoms with Crippen molar-refractivity contribution in [2.45, 2.75) is 6.92 Å². The Morgan fingerprint density at radius 3 is 2.50 bits per heavy atom. The predicted molar refractivity (Wildman–Crippen MR) is 69.2 cm³/mol. The molecule has 5 nitrogen and oxygen atoms in total. The first-order valence-electron chi connectivity index (χ1n) is 5.51. The Hall–Kier alpha value is -2.17. The van der Waals surface area contributed by atoms with Crippen molar-refractivity contribution in [1.29, 1.82) is 0 Å². The van der Waals surface area contributed by atoms with Gasteiger partial charge in [-0.05, 0) is 19.1 Å². The number of allylic oxidation sites excluding steroid dienone is 1. The van der Waals surface area contributed by atoms with Gasteiger partial charge in [-0.3, -0.25) is 14.7 Å². The number of amides is 2. The molecule has 0 aliphatic carbocycles. The minimum atomic E-state index is -0.264. The molecule has 0 aliphatic rings. The van der Waals surface area contributed by atoms with Crippen molar-refractivity contribution in [3.63, 3.8) is 0 Å². The van der Waals surface area contributed by atoms with Gasteiger partial charge in [0.15, 0.2) is 5.78 Å². The molecule has 0 aromatic carbocycles. The summed E-state index contributed by atoms with van der Waals surface area (Å²) in [4.78, 5) is 30.5. The average Bonchev–Trinajstić information content (AvgIpc) is 2.35. The van der Waals surface area contributed by atoms with E-state index in [1.54, 1.807) is 39.3 Å². The van der Waals surface area contributed by atoms with Gasteiger partial charge in [0, 0.05) is 37.7 Å². The van der Waals surface area contributed by atoms with E-state index in [1.165, 1.54) is 16.0 Å². The molecule has 0 spiro atoms. The van der Waals surface area contributed by atoms with E-state index in [0.717, 1.165) is 0 Å². The van der Waals surface area contributed by atoms with Gasteiger partial charge in [-0.2, -0.15) is 0 Å². The molecule has 96 valence electrons. The van der Waals surface area contributed by atoms with Crippen molar-refractivity contribution in [2.75, 3.05) is 20.6 Å². The first-order valence-corrected chi connectivity index (χ1v) is 5.51.